The second kappa shape index (κ2) is 8.20. The Morgan fingerprint density at radius 1 is 1.10 bits per heavy atom. The summed E-state index contributed by atoms with van der Waals surface area (Å²) in [5, 5.41) is 1.11. The van der Waals surface area contributed by atoms with Crippen LogP contribution in [-0.4, -0.2) is 43.1 Å². The van der Waals surface area contributed by atoms with Gasteiger partial charge in [-0.1, -0.05) is 12.1 Å². The summed E-state index contributed by atoms with van der Waals surface area (Å²) in [4.78, 5) is 19.0. The van der Waals surface area contributed by atoms with Gasteiger partial charge in [-0.05, 0) is 49.2 Å². The van der Waals surface area contributed by atoms with Crippen LogP contribution in [0.5, 0.6) is 0 Å². The van der Waals surface area contributed by atoms with Crippen molar-refractivity contribution in [2.45, 2.75) is 30.1 Å². The van der Waals surface area contributed by atoms with Gasteiger partial charge in [-0.2, -0.15) is 0 Å². The minimum absolute atomic E-state index is 0.0428. The second-order valence-electron chi connectivity index (χ2n) is 7.20. The summed E-state index contributed by atoms with van der Waals surface area (Å²) < 4.78 is 38.9. The largest absolute Gasteiger partial charge is 0.343 e. The summed E-state index contributed by atoms with van der Waals surface area (Å²) in [7, 11) is -3.60. The molecular weight excluding hydrogens is 411 g/mol. The first-order valence-electron chi connectivity index (χ1n) is 9.54. The van der Waals surface area contributed by atoms with Crippen LogP contribution in [-0.2, 0) is 14.6 Å². The van der Waals surface area contributed by atoms with Gasteiger partial charge in [0.25, 0.3) is 0 Å². The number of benzene rings is 2. The number of likely N-dealkylation sites (tertiary alicyclic amines) is 1. The molecule has 2 heterocycles. The van der Waals surface area contributed by atoms with Crippen LogP contribution in [0.1, 0.15) is 30.2 Å². The molecule has 1 amide bonds. The number of hydrogen-bond donors (Lipinski definition) is 0. The predicted molar refractivity (Wildman–Crippen MR) is 111 cm³/mol. The topological polar surface area (TPSA) is 67.3 Å². The number of fused-ring (bicyclic) bond motifs is 1. The number of amides is 1. The molecule has 0 spiro atoms. The number of thiazole rings is 1. The molecule has 1 aliphatic heterocycles. The zero-order valence-corrected chi connectivity index (χ0v) is 17.4. The SMILES string of the molecule is O=C(CCS(=O)(=O)c1ccc(F)cc1)N1CCC(c2nc3ccccc3s2)CC1. The van der Waals surface area contributed by atoms with E-state index in [4.69, 9.17) is 4.98 Å². The number of hydrogen-bond acceptors (Lipinski definition) is 5. The molecule has 1 saturated heterocycles. The van der Waals surface area contributed by atoms with Crippen molar-refractivity contribution < 1.29 is 17.6 Å². The number of piperidine rings is 1. The molecule has 8 heteroatoms. The summed E-state index contributed by atoms with van der Waals surface area (Å²) in [6, 6.07) is 12.8. The van der Waals surface area contributed by atoms with Gasteiger partial charge in [0.15, 0.2) is 9.84 Å². The molecule has 29 heavy (non-hydrogen) atoms. The molecular formula is C21H21FN2O3S2. The third-order valence-electron chi connectivity index (χ3n) is 5.26. The Morgan fingerprint density at radius 3 is 2.48 bits per heavy atom. The van der Waals surface area contributed by atoms with Crippen LogP contribution < -0.4 is 0 Å². The highest BCUT2D eigenvalue weighted by Crippen LogP contribution is 2.33. The van der Waals surface area contributed by atoms with E-state index in [2.05, 4.69) is 6.07 Å². The highest BCUT2D eigenvalue weighted by Gasteiger charge is 2.27. The van der Waals surface area contributed by atoms with Gasteiger partial charge in [0.1, 0.15) is 5.82 Å². The minimum atomic E-state index is -3.60. The lowest BCUT2D eigenvalue weighted by atomic mass is 9.97. The fraction of sp³-hybridized carbons (Fsp3) is 0.333. The van der Waals surface area contributed by atoms with Gasteiger partial charge in [0, 0.05) is 25.4 Å². The third kappa shape index (κ3) is 4.48. The molecule has 152 valence electrons. The maximum atomic E-state index is 13.0. The third-order valence-corrected chi connectivity index (χ3v) is 8.20. The van der Waals surface area contributed by atoms with Crippen molar-refractivity contribution in [3.8, 4) is 0 Å². The highest BCUT2D eigenvalue weighted by molar-refractivity contribution is 7.91. The van der Waals surface area contributed by atoms with Crippen LogP contribution in [0.4, 0.5) is 4.39 Å². The second-order valence-corrected chi connectivity index (χ2v) is 10.4. The first-order chi connectivity index (χ1) is 13.9. The van der Waals surface area contributed by atoms with E-state index in [-0.39, 0.29) is 23.0 Å². The van der Waals surface area contributed by atoms with Gasteiger partial charge in [-0.15, -0.1) is 11.3 Å². The Hall–Kier alpha value is -2.32. The maximum Gasteiger partial charge on any atom is 0.223 e. The quantitative estimate of drug-likeness (QED) is 0.572. The van der Waals surface area contributed by atoms with Crippen molar-refractivity contribution in [2.75, 3.05) is 18.8 Å². The van der Waals surface area contributed by atoms with Crippen LogP contribution in [0.15, 0.2) is 53.4 Å². The lowest BCUT2D eigenvalue weighted by molar-refractivity contribution is -0.131. The molecule has 1 fully saturated rings. The van der Waals surface area contributed by atoms with E-state index in [9.17, 15) is 17.6 Å². The van der Waals surface area contributed by atoms with Gasteiger partial charge in [0.2, 0.25) is 5.91 Å². The number of carbonyl (C=O) groups excluding carboxylic acids is 1. The zero-order chi connectivity index (χ0) is 20.4. The Morgan fingerprint density at radius 2 is 1.79 bits per heavy atom. The van der Waals surface area contributed by atoms with Crippen LogP contribution in [0.3, 0.4) is 0 Å². The first-order valence-corrected chi connectivity index (χ1v) is 12.0. The Balaban J connectivity index is 1.32. The standard InChI is InChI=1S/C21H21FN2O3S2/c22-16-5-7-17(8-6-16)29(26,27)14-11-20(25)24-12-9-15(10-13-24)21-23-18-3-1-2-4-19(18)28-21/h1-8,15H,9-14H2. The van der Waals surface area contributed by atoms with Crippen LogP contribution >= 0.6 is 11.3 Å². The number of para-hydroxylation sites is 1. The van der Waals surface area contributed by atoms with Gasteiger partial charge in [-0.3, -0.25) is 4.79 Å². The van der Waals surface area contributed by atoms with Crippen LogP contribution in [0, 0.1) is 5.82 Å². The molecule has 0 radical (unpaired) electrons. The summed E-state index contributed by atoms with van der Waals surface area (Å²) in [5.41, 5.74) is 1.01. The molecule has 2 aromatic carbocycles. The number of sulfone groups is 1. The van der Waals surface area contributed by atoms with E-state index in [0.29, 0.717) is 19.0 Å². The molecule has 0 N–H and O–H groups in total. The highest BCUT2D eigenvalue weighted by atomic mass is 32.2. The Kier molecular flexibility index (Phi) is 5.65. The minimum Gasteiger partial charge on any atom is -0.343 e. The summed E-state index contributed by atoms with van der Waals surface area (Å²) >= 11 is 1.71. The zero-order valence-electron chi connectivity index (χ0n) is 15.8. The molecule has 0 unspecified atom stereocenters. The number of nitrogens with zero attached hydrogens (tertiary/aromatic N) is 2. The smallest absolute Gasteiger partial charge is 0.223 e. The molecule has 5 nitrogen and oxygen atoms in total. The van der Waals surface area contributed by atoms with Gasteiger partial charge < -0.3 is 4.90 Å². The fourth-order valence-electron chi connectivity index (χ4n) is 3.58. The predicted octanol–water partition coefficient (Wildman–Crippen LogP) is 4.01. The summed E-state index contributed by atoms with van der Waals surface area (Å²) in [6.45, 7) is 1.21. The normalized spacial score (nSPS) is 15.7. The number of aromatic nitrogens is 1. The van der Waals surface area contributed by atoms with Crippen molar-refractivity contribution in [3.63, 3.8) is 0 Å². The van der Waals surface area contributed by atoms with Gasteiger partial charge in [-0.25, -0.2) is 17.8 Å². The van der Waals surface area contributed by atoms with Crippen molar-refractivity contribution in [3.05, 3.63) is 59.4 Å². The Labute approximate surface area is 173 Å². The van der Waals surface area contributed by atoms with E-state index in [0.717, 1.165) is 35.5 Å². The maximum absolute atomic E-state index is 13.0. The summed E-state index contributed by atoms with van der Waals surface area (Å²) in [6.07, 6.45) is 1.60. The molecule has 3 aromatic rings. The average Bonchev–Trinajstić information content (AvgIpc) is 3.17. The van der Waals surface area contributed by atoms with Gasteiger partial charge in [0.05, 0.1) is 25.9 Å². The number of halogens is 1. The van der Waals surface area contributed by atoms with Gasteiger partial charge >= 0.3 is 0 Å². The van der Waals surface area contributed by atoms with Crippen molar-refractivity contribution >= 4 is 37.3 Å². The van der Waals surface area contributed by atoms with Crippen molar-refractivity contribution in [1.29, 1.82) is 0 Å². The number of rotatable bonds is 5. The van der Waals surface area contributed by atoms with Crippen molar-refractivity contribution in [1.82, 2.24) is 9.88 Å². The molecule has 1 aliphatic rings. The molecule has 0 bridgehead atoms. The van der Waals surface area contributed by atoms with E-state index in [1.54, 1.807) is 16.2 Å². The molecule has 0 aliphatic carbocycles. The van der Waals surface area contributed by atoms with E-state index in [1.165, 1.54) is 16.8 Å². The molecule has 0 saturated carbocycles. The summed E-state index contributed by atoms with van der Waals surface area (Å²) in [5.74, 6) is -0.580. The van der Waals surface area contributed by atoms with E-state index >= 15 is 0 Å². The van der Waals surface area contributed by atoms with Crippen LogP contribution in [0.25, 0.3) is 10.2 Å². The lowest BCUT2D eigenvalue weighted by Crippen LogP contribution is -2.38. The molecule has 1 aromatic heterocycles. The van der Waals surface area contributed by atoms with E-state index < -0.39 is 15.7 Å². The molecule has 4 rings (SSSR count). The van der Waals surface area contributed by atoms with Crippen molar-refractivity contribution in [2.24, 2.45) is 0 Å². The lowest BCUT2D eigenvalue weighted by Gasteiger charge is -2.31. The average molecular weight is 433 g/mol. The monoisotopic (exact) mass is 432 g/mol. The fourth-order valence-corrected chi connectivity index (χ4v) is 5.95. The number of carbonyl (C=O) groups is 1. The Bertz CT molecular complexity index is 1090. The van der Waals surface area contributed by atoms with Crippen LogP contribution in [0.2, 0.25) is 0 Å². The first kappa shape index (κ1) is 20.0. The molecule has 0 atom stereocenters. The van der Waals surface area contributed by atoms with E-state index in [1.807, 2.05) is 18.2 Å².